The summed E-state index contributed by atoms with van der Waals surface area (Å²) in [5, 5.41) is 17.1. The van der Waals surface area contributed by atoms with Crippen molar-refractivity contribution in [1.82, 2.24) is 15.1 Å². The average molecular weight is 516 g/mol. The van der Waals surface area contributed by atoms with E-state index in [9.17, 15) is 0 Å². The van der Waals surface area contributed by atoms with Gasteiger partial charge in [-0.2, -0.15) is 10.2 Å². The first kappa shape index (κ1) is 26.1. The predicted molar refractivity (Wildman–Crippen MR) is 148 cm³/mol. The van der Waals surface area contributed by atoms with Crippen LogP contribution in [0.25, 0.3) is 0 Å². The number of anilines is 1. The summed E-state index contributed by atoms with van der Waals surface area (Å²) in [6.45, 7) is 12.8. The Labute approximate surface area is 224 Å². The van der Waals surface area contributed by atoms with Crippen molar-refractivity contribution in [3.63, 3.8) is 0 Å². The molecule has 1 atom stereocenters. The average Bonchev–Trinajstić information content (AvgIpc) is 2.89. The van der Waals surface area contributed by atoms with Crippen LogP contribution in [-0.2, 0) is 11.3 Å². The molecule has 0 bridgehead atoms. The van der Waals surface area contributed by atoms with Gasteiger partial charge in [-0.3, -0.25) is 5.41 Å². The molecule has 1 saturated heterocycles. The molecule has 8 heteroatoms. The summed E-state index contributed by atoms with van der Waals surface area (Å²) in [5.41, 5.74) is 12.4. The van der Waals surface area contributed by atoms with Crippen molar-refractivity contribution >= 4 is 11.4 Å². The molecule has 200 valence electrons. The van der Waals surface area contributed by atoms with Crippen LogP contribution in [0.4, 0.5) is 5.69 Å². The highest BCUT2D eigenvalue weighted by molar-refractivity contribution is 6.14. The molecule has 0 saturated carbocycles. The highest BCUT2D eigenvalue weighted by atomic mass is 16.7. The number of ether oxygens (including phenoxy) is 3. The molecule has 0 unspecified atom stereocenters. The van der Waals surface area contributed by atoms with Gasteiger partial charge in [0, 0.05) is 59.9 Å². The first-order valence-electron chi connectivity index (χ1n) is 13.3. The van der Waals surface area contributed by atoms with Gasteiger partial charge in [-0.15, -0.1) is 0 Å². The minimum atomic E-state index is -0.554. The Balaban J connectivity index is 1.33. The van der Waals surface area contributed by atoms with Crippen LogP contribution in [-0.4, -0.2) is 45.7 Å². The molecule has 2 aliphatic heterocycles. The van der Waals surface area contributed by atoms with Crippen molar-refractivity contribution in [2.45, 2.75) is 72.0 Å². The van der Waals surface area contributed by atoms with Crippen molar-refractivity contribution < 1.29 is 14.2 Å². The third-order valence-corrected chi connectivity index (χ3v) is 7.71. The van der Waals surface area contributed by atoms with Gasteiger partial charge in [-0.25, -0.2) is 0 Å². The topological polar surface area (TPSA) is 107 Å². The zero-order valence-electron chi connectivity index (χ0n) is 22.9. The first-order chi connectivity index (χ1) is 18.2. The Bertz CT molecular complexity index is 1330. The van der Waals surface area contributed by atoms with E-state index in [2.05, 4.69) is 28.9 Å². The number of nitrogens with two attached hydrogens (primary N) is 1. The molecule has 1 aromatic heterocycles. The number of nitrogens with one attached hydrogen (secondary N) is 1. The fourth-order valence-corrected chi connectivity index (χ4v) is 5.48. The molecule has 38 heavy (non-hydrogen) atoms. The number of likely N-dealkylation sites (tertiary alicyclic amines) is 1. The van der Waals surface area contributed by atoms with Crippen molar-refractivity contribution in [2.24, 2.45) is 0 Å². The van der Waals surface area contributed by atoms with Gasteiger partial charge < -0.3 is 24.8 Å². The molecule has 1 fully saturated rings. The standard InChI is InChI=1S/C30H37N5O3/c1-18(2)35-12-10-30(11-13-35)36-17-23-14-22(6-9-27(23)38-30)29(32)25-15-24(7-8-26(25)31)37-21(5)28-19(3)16-33-34-20(28)4/h6-9,14-16,18,21,32H,10-13,17,31H2,1-5H3/t21-/m1/s1. The number of hydrogen-bond acceptors (Lipinski definition) is 8. The number of aryl methyl sites for hydroxylation is 2. The van der Waals surface area contributed by atoms with Gasteiger partial charge in [0.2, 0.25) is 5.79 Å². The SMILES string of the molecule is Cc1cnnc(C)c1[C@@H](C)Oc1ccc(N)c(C(=N)c2ccc3c(c2)COC2(CCN(C(C)C)CC2)O3)c1. The third-order valence-electron chi connectivity index (χ3n) is 7.71. The minimum Gasteiger partial charge on any atom is -0.486 e. The molecule has 3 N–H and O–H groups in total. The van der Waals surface area contributed by atoms with Gasteiger partial charge in [-0.1, -0.05) is 0 Å². The van der Waals surface area contributed by atoms with E-state index >= 15 is 0 Å². The Kier molecular flexibility index (Phi) is 7.11. The van der Waals surface area contributed by atoms with E-state index in [-0.39, 0.29) is 6.10 Å². The number of nitrogens with zero attached hydrogens (tertiary/aromatic N) is 3. The van der Waals surface area contributed by atoms with Crippen LogP contribution >= 0.6 is 0 Å². The molecule has 5 rings (SSSR count). The van der Waals surface area contributed by atoms with E-state index in [1.807, 2.05) is 51.1 Å². The summed E-state index contributed by atoms with van der Waals surface area (Å²) >= 11 is 0. The van der Waals surface area contributed by atoms with E-state index in [0.717, 1.165) is 59.6 Å². The lowest BCUT2D eigenvalue weighted by Crippen LogP contribution is -2.52. The van der Waals surface area contributed by atoms with E-state index in [1.165, 1.54) is 0 Å². The monoisotopic (exact) mass is 515 g/mol. The molecule has 0 radical (unpaired) electrons. The zero-order chi connectivity index (χ0) is 27.0. The van der Waals surface area contributed by atoms with E-state index in [4.69, 9.17) is 25.4 Å². The van der Waals surface area contributed by atoms with Gasteiger partial charge in [0.25, 0.3) is 0 Å². The fourth-order valence-electron chi connectivity index (χ4n) is 5.48. The second-order valence-electron chi connectivity index (χ2n) is 10.7. The van der Waals surface area contributed by atoms with Crippen molar-refractivity contribution in [3.8, 4) is 11.5 Å². The normalized spacial score (nSPS) is 17.6. The predicted octanol–water partition coefficient (Wildman–Crippen LogP) is 5.34. The highest BCUT2D eigenvalue weighted by Gasteiger charge is 2.41. The van der Waals surface area contributed by atoms with Crippen LogP contribution in [0.3, 0.4) is 0 Å². The quantitative estimate of drug-likeness (QED) is 0.337. The highest BCUT2D eigenvalue weighted by Crippen LogP contribution is 2.38. The lowest BCUT2D eigenvalue weighted by Gasteiger charge is -2.45. The molecule has 0 aliphatic carbocycles. The molecular formula is C30H37N5O3. The minimum absolute atomic E-state index is 0.228. The van der Waals surface area contributed by atoms with Crippen molar-refractivity contribution in [1.29, 1.82) is 5.41 Å². The summed E-state index contributed by atoms with van der Waals surface area (Å²) in [4.78, 5) is 2.46. The molecule has 2 aromatic carbocycles. The smallest absolute Gasteiger partial charge is 0.213 e. The molecule has 3 aromatic rings. The maximum atomic E-state index is 8.95. The second kappa shape index (κ2) is 10.3. The fraction of sp³-hybridized carbons (Fsp3) is 0.433. The van der Waals surface area contributed by atoms with Gasteiger partial charge in [-0.05, 0) is 76.6 Å². The van der Waals surface area contributed by atoms with Gasteiger partial charge >= 0.3 is 0 Å². The van der Waals surface area contributed by atoms with Crippen LogP contribution in [0.2, 0.25) is 0 Å². The molecular weight excluding hydrogens is 478 g/mol. The first-order valence-corrected chi connectivity index (χ1v) is 13.3. The van der Waals surface area contributed by atoms with Gasteiger partial charge in [0.05, 0.1) is 24.2 Å². The maximum Gasteiger partial charge on any atom is 0.213 e. The van der Waals surface area contributed by atoms with Crippen molar-refractivity contribution in [2.75, 3.05) is 18.8 Å². The summed E-state index contributed by atoms with van der Waals surface area (Å²) in [6, 6.07) is 11.8. The maximum absolute atomic E-state index is 8.95. The molecule has 2 aliphatic rings. The number of hydrogen-bond donors (Lipinski definition) is 2. The van der Waals surface area contributed by atoms with Crippen LogP contribution in [0.1, 0.15) is 73.2 Å². The summed E-state index contributed by atoms with van der Waals surface area (Å²) in [6.07, 6.45) is 3.21. The zero-order valence-corrected chi connectivity index (χ0v) is 22.9. The Morgan fingerprint density at radius 1 is 1.11 bits per heavy atom. The second-order valence-corrected chi connectivity index (χ2v) is 10.7. The number of nitrogen functional groups attached to an aromatic ring is 1. The summed E-state index contributed by atoms with van der Waals surface area (Å²) in [5.74, 6) is 0.920. The number of aromatic nitrogens is 2. The Morgan fingerprint density at radius 2 is 1.87 bits per heavy atom. The molecule has 0 amide bonds. The van der Waals surface area contributed by atoms with Gasteiger partial charge in [0.15, 0.2) is 0 Å². The number of piperidine rings is 1. The lowest BCUT2D eigenvalue weighted by atomic mass is 9.97. The third kappa shape index (κ3) is 5.11. The van der Waals surface area contributed by atoms with Crippen LogP contribution in [0, 0.1) is 19.3 Å². The van der Waals surface area contributed by atoms with Gasteiger partial charge in [0.1, 0.15) is 17.6 Å². The van der Waals surface area contributed by atoms with Crippen molar-refractivity contribution in [3.05, 3.63) is 76.1 Å². The van der Waals surface area contributed by atoms with Crippen LogP contribution < -0.4 is 15.2 Å². The number of rotatable bonds is 6. The van der Waals surface area contributed by atoms with E-state index in [1.54, 1.807) is 12.3 Å². The van der Waals surface area contributed by atoms with Crippen LogP contribution in [0.5, 0.6) is 11.5 Å². The summed E-state index contributed by atoms with van der Waals surface area (Å²) in [7, 11) is 0. The lowest BCUT2D eigenvalue weighted by molar-refractivity contribution is -0.229. The molecule has 1 spiro atoms. The Morgan fingerprint density at radius 3 is 2.58 bits per heavy atom. The number of benzene rings is 2. The van der Waals surface area contributed by atoms with Crippen LogP contribution in [0.15, 0.2) is 42.6 Å². The molecule has 3 heterocycles. The Hall–Kier alpha value is -3.49. The summed E-state index contributed by atoms with van der Waals surface area (Å²) < 4.78 is 18.9. The number of fused-ring (bicyclic) bond motifs is 1. The van der Waals surface area contributed by atoms with E-state index < -0.39 is 5.79 Å². The van der Waals surface area contributed by atoms with E-state index in [0.29, 0.717) is 35.4 Å². The molecule has 8 nitrogen and oxygen atoms in total. The largest absolute Gasteiger partial charge is 0.486 e.